The van der Waals surface area contributed by atoms with Gasteiger partial charge in [0.25, 0.3) is 5.56 Å². The minimum absolute atomic E-state index is 0.108. The van der Waals surface area contributed by atoms with Crippen LogP contribution in [0.2, 0.25) is 0 Å². The second-order valence-electron chi connectivity index (χ2n) is 13.4. The van der Waals surface area contributed by atoms with E-state index in [0.717, 1.165) is 63.2 Å². The van der Waals surface area contributed by atoms with Crippen molar-refractivity contribution in [1.29, 1.82) is 0 Å². The molecule has 3 heterocycles. The second kappa shape index (κ2) is 16.3. The van der Waals surface area contributed by atoms with Gasteiger partial charge in [0.05, 0.1) is 6.61 Å². The van der Waals surface area contributed by atoms with E-state index in [1.54, 1.807) is 17.2 Å². The number of urea groups is 1. The molecule has 6 rings (SSSR count). The van der Waals surface area contributed by atoms with Crippen LogP contribution in [0.25, 0.3) is 22.2 Å². The van der Waals surface area contributed by atoms with Gasteiger partial charge in [0, 0.05) is 35.7 Å². The van der Waals surface area contributed by atoms with Crippen LogP contribution in [0.3, 0.4) is 0 Å². The Balaban J connectivity index is 1.30. The molecular weight excluding hydrogens is 635 g/mol. The number of hydrogen-bond acceptors (Lipinski definition) is 5. The number of fused-ring (bicyclic) bond motifs is 1. The average Bonchev–Trinajstić information content (AvgIpc) is 3.14. The molecular formula is C43H45N5O3. The lowest BCUT2D eigenvalue weighted by Crippen LogP contribution is -2.40. The molecule has 0 saturated carbocycles. The lowest BCUT2D eigenvalue weighted by molar-refractivity contribution is 0.257. The van der Waals surface area contributed by atoms with E-state index in [1.165, 1.54) is 0 Å². The van der Waals surface area contributed by atoms with Crippen molar-refractivity contribution < 1.29 is 9.53 Å². The first-order valence-electron chi connectivity index (χ1n) is 17.7. The van der Waals surface area contributed by atoms with Gasteiger partial charge < -0.3 is 15.0 Å². The molecule has 0 radical (unpaired) electrons. The van der Waals surface area contributed by atoms with E-state index in [1.807, 2.05) is 79.0 Å². The fraction of sp³-hybridized carbons (Fsp3) is 0.256. The number of rotatable bonds is 13. The lowest BCUT2D eigenvalue weighted by atomic mass is 9.88. The van der Waals surface area contributed by atoms with E-state index >= 15 is 0 Å². The van der Waals surface area contributed by atoms with Crippen LogP contribution in [0.5, 0.6) is 5.75 Å². The summed E-state index contributed by atoms with van der Waals surface area (Å²) < 4.78 is 6.16. The number of carbonyl (C=O) groups excluding carboxylic acids is 1. The van der Waals surface area contributed by atoms with Gasteiger partial charge in [0.2, 0.25) is 0 Å². The summed E-state index contributed by atoms with van der Waals surface area (Å²) in [4.78, 5) is 41.0. The number of anilines is 2. The number of nitrogens with zero attached hydrogens (tertiary/aromatic N) is 3. The molecule has 0 fully saturated rings. The Morgan fingerprint density at radius 1 is 0.784 bits per heavy atom. The fourth-order valence-corrected chi connectivity index (χ4v) is 6.28. The zero-order valence-electron chi connectivity index (χ0n) is 29.7. The van der Waals surface area contributed by atoms with E-state index in [9.17, 15) is 9.59 Å². The molecule has 51 heavy (non-hydrogen) atoms. The maximum Gasteiger partial charge on any atom is 0.326 e. The smallest absolute Gasteiger partial charge is 0.326 e. The number of nitrogens with one attached hydrogen (secondary N) is 2. The van der Waals surface area contributed by atoms with E-state index in [0.29, 0.717) is 25.2 Å². The van der Waals surface area contributed by atoms with Gasteiger partial charge in [-0.1, -0.05) is 76.2 Å². The van der Waals surface area contributed by atoms with E-state index in [2.05, 4.69) is 72.2 Å². The topological polar surface area (TPSA) is 100 Å². The largest absolute Gasteiger partial charge is 0.494 e. The third-order valence-corrected chi connectivity index (χ3v) is 9.01. The van der Waals surface area contributed by atoms with Gasteiger partial charge in [-0.05, 0) is 114 Å². The fourth-order valence-electron chi connectivity index (χ4n) is 6.28. The Morgan fingerprint density at radius 2 is 1.53 bits per heavy atom. The van der Waals surface area contributed by atoms with Crippen molar-refractivity contribution in [2.75, 3.05) is 23.4 Å². The number of aryl methyl sites for hydroxylation is 1. The van der Waals surface area contributed by atoms with Gasteiger partial charge in [-0.15, -0.1) is 0 Å². The standard InChI is InChI=1S/C43H45N5O3/c1-29(2)37-26-34(32-15-10-19-36(25-32)51-24-12-18-35-17-8-9-21-44-35)27-38(30(3)4)40(37)46-43(50)48(23-20-31-13-6-5-7-14-31)39-28-33-16-11-22-45-41(33)47-42(39)49/h5-11,13-17,19,21-22,25-30H,12,18,20,23-24H2,1-4H3,(H,46,50)(H,45,47,49). The number of H-pyrrole nitrogens is 1. The number of ether oxygens (including phenoxy) is 1. The van der Waals surface area contributed by atoms with Gasteiger partial charge in [-0.25, -0.2) is 9.78 Å². The van der Waals surface area contributed by atoms with Crippen LogP contribution in [-0.2, 0) is 12.8 Å². The molecule has 8 heteroatoms. The summed E-state index contributed by atoms with van der Waals surface area (Å²) in [6.07, 6.45) is 5.76. The third kappa shape index (κ3) is 8.70. The molecule has 260 valence electrons. The van der Waals surface area contributed by atoms with Crippen molar-refractivity contribution in [3.8, 4) is 16.9 Å². The summed E-state index contributed by atoms with van der Waals surface area (Å²) >= 11 is 0. The Kier molecular flexibility index (Phi) is 11.2. The number of aromatic nitrogens is 3. The van der Waals surface area contributed by atoms with E-state index in [4.69, 9.17) is 4.74 Å². The number of benzene rings is 3. The minimum Gasteiger partial charge on any atom is -0.494 e. The summed E-state index contributed by atoms with van der Waals surface area (Å²) in [5, 5.41) is 4.03. The van der Waals surface area contributed by atoms with E-state index < -0.39 is 0 Å². The summed E-state index contributed by atoms with van der Waals surface area (Å²) in [6, 6.07) is 33.5. The molecule has 6 aromatic rings. The van der Waals surface area contributed by atoms with Gasteiger partial charge in [0.1, 0.15) is 17.1 Å². The minimum atomic E-state index is -0.369. The summed E-state index contributed by atoms with van der Waals surface area (Å²) in [5.41, 5.74) is 7.43. The van der Waals surface area contributed by atoms with Crippen molar-refractivity contribution in [3.05, 3.63) is 148 Å². The SMILES string of the molecule is CC(C)c1cc(-c2cccc(OCCCc3ccccn3)c2)cc(C(C)C)c1NC(=O)N(CCc1ccccc1)c1cc2cccnc2[nH]c1=O. The molecule has 2 N–H and O–H groups in total. The summed E-state index contributed by atoms with van der Waals surface area (Å²) in [6.45, 7) is 9.44. The third-order valence-electron chi connectivity index (χ3n) is 9.01. The molecule has 0 atom stereocenters. The molecule has 8 nitrogen and oxygen atoms in total. The van der Waals surface area contributed by atoms with Gasteiger partial charge >= 0.3 is 6.03 Å². The van der Waals surface area contributed by atoms with Crippen LogP contribution in [0, 0.1) is 0 Å². The van der Waals surface area contributed by atoms with Crippen LogP contribution >= 0.6 is 0 Å². The highest BCUT2D eigenvalue weighted by atomic mass is 16.5. The second-order valence-corrected chi connectivity index (χ2v) is 13.4. The number of hydrogen-bond donors (Lipinski definition) is 2. The van der Waals surface area contributed by atoms with E-state index in [-0.39, 0.29) is 29.1 Å². The first-order valence-corrected chi connectivity index (χ1v) is 17.7. The first-order chi connectivity index (χ1) is 24.8. The number of aromatic amines is 1. The first kappa shape index (κ1) is 35.1. The number of amides is 2. The highest BCUT2D eigenvalue weighted by Crippen LogP contribution is 2.38. The van der Waals surface area contributed by atoms with Crippen molar-refractivity contribution in [2.45, 2.75) is 58.8 Å². The average molecular weight is 680 g/mol. The lowest BCUT2D eigenvalue weighted by Gasteiger charge is -2.27. The maximum atomic E-state index is 14.4. The van der Waals surface area contributed by atoms with Crippen molar-refractivity contribution in [2.24, 2.45) is 0 Å². The molecule has 0 aliphatic carbocycles. The van der Waals surface area contributed by atoms with Crippen LogP contribution < -0.4 is 20.5 Å². The molecule has 3 aromatic heterocycles. The molecule has 0 saturated heterocycles. The van der Waals surface area contributed by atoms with Crippen LogP contribution in [0.15, 0.2) is 120 Å². The Bertz CT molecular complexity index is 2120. The molecule has 0 unspecified atom stereocenters. The van der Waals surface area contributed by atoms with Gasteiger partial charge in [-0.3, -0.25) is 14.7 Å². The van der Waals surface area contributed by atoms with Crippen LogP contribution in [0.4, 0.5) is 16.2 Å². The van der Waals surface area contributed by atoms with Crippen LogP contribution in [-0.4, -0.2) is 34.1 Å². The molecule has 0 bridgehead atoms. The quantitative estimate of drug-likeness (QED) is 0.119. The number of pyridine rings is 3. The monoisotopic (exact) mass is 679 g/mol. The Morgan fingerprint density at radius 3 is 2.25 bits per heavy atom. The normalized spacial score (nSPS) is 11.3. The van der Waals surface area contributed by atoms with Crippen molar-refractivity contribution in [3.63, 3.8) is 0 Å². The highest BCUT2D eigenvalue weighted by Gasteiger charge is 2.24. The summed E-state index contributed by atoms with van der Waals surface area (Å²) in [7, 11) is 0. The summed E-state index contributed by atoms with van der Waals surface area (Å²) in [5.74, 6) is 1.03. The van der Waals surface area contributed by atoms with Crippen molar-refractivity contribution in [1.82, 2.24) is 15.0 Å². The van der Waals surface area contributed by atoms with Crippen molar-refractivity contribution >= 4 is 28.4 Å². The Hall–Kier alpha value is -5.76. The van der Waals surface area contributed by atoms with Gasteiger partial charge in [-0.2, -0.15) is 0 Å². The molecule has 0 aliphatic heterocycles. The zero-order valence-corrected chi connectivity index (χ0v) is 29.7. The Labute approximate surface area is 299 Å². The molecule has 3 aromatic carbocycles. The molecule has 0 aliphatic rings. The maximum absolute atomic E-state index is 14.4. The molecule has 2 amide bonds. The van der Waals surface area contributed by atoms with Gasteiger partial charge in [0.15, 0.2) is 0 Å². The zero-order chi connectivity index (χ0) is 35.7. The predicted octanol–water partition coefficient (Wildman–Crippen LogP) is 9.52. The number of carbonyl (C=O) groups is 1. The predicted molar refractivity (Wildman–Crippen MR) is 207 cm³/mol. The van der Waals surface area contributed by atoms with Crippen LogP contribution in [0.1, 0.15) is 68.3 Å². The molecule has 0 spiro atoms. The highest BCUT2D eigenvalue weighted by molar-refractivity contribution is 6.03.